The van der Waals surface area contributed by atoms with Crippen LogP contribution in [0.25, 0.3) is 33.4 Å². The second kappa shape index (κ2) is 6.66. The van der Waals surface area contributed by atoms with Gasteiger partial charge in [-0.25, -0.2) is 14.4 Å². The zero-order chi connectivity index (χ0) is 20.0. The van der Waals surface area contributed by atoms with E-state index in [0.717, 1.165) is 5.39 Å². The second-order valence-corrected chi connectivity index (χ2v) is 6.94. The van der Waals surface area contributed by atoms with Crippen molar-refractivity contribution in [1.82, 2.24) is 35.3 Å². The van der Waals surface area contributed by atoms with Gasteiger partial charge in [-0.15, -0.1) is 0 Å². The van der Waals surface area contributed by atoms with Gasteiger partial charge in [-0.05, 0) is 6.07 Å². The number of nitrogens with one attached hydrogen (secondary N) is 2. The van der Waals surface area contributed by atoms with Crippen LogP contribution in [0, 0.1) is 5.82 Å². The monoisotopic (exact) mass is 392 g/mol. The van der Waals surface area contributed by atoms with Crippen LogP contribution >= 0.6 is 0 Å². The molecule has 4 heterocycles. The molecule has 1 aliphatic rings. The van der Waals surface area contributed by atoms with Crippen molar-refractivity contribution in [3.63, 3.8) is 0 Å². The molecule has 0 aliphatic carbocycles. The summed E-state index contributed by atoms with van der Waals surface area (Å²) in [7, 11) is 1.79. The minimum Gasteiger partial charge on any atom is -0.345 e. The molecule has 2 N–H and O–H groups in total. The van der Waals surface area contributed by atoms with Gasteiger partial charge in [0.2, 0.25) is 5.91 Å². The molecule has 1 aromatic carbocycles. The quantitative estimate of drug-likeness (QED) is 0.551. The second-order valence-electron chi connectivity index (χ2n) is 6.94. The van der Waals surface area contributed by atoms with Gasteiger partial charge in [0.1, 0.15) is 23.7 Å². The Morgan fingerprint density at radius 3 is 2.86 bits per heavy atom. The molecule has 1 saturated heterocycles. The first-order valence-electron chi connectivity index (χ1n) is 9.08. The van der Waals surface area contributed by atoms with Crippen molar-refractivity contribution in [1.29, 1.82) is 0 Å². The van der Waals surface area contributed by atoms with E-state index in [0.29, 0.717) is 46.9 Å². The summed E-state index contributed by atoms with van der Waals surface area (Å²) < 4.78 is 14.5. The summed E-state index contributed by atoms with van der Waals surface area (Å²) in [6.45, 7) is 1.59. The van der Waals surface area contributed by atoms with Gasteiger partial charge < -0.3 is 9.80 Å². The van der Waals surface area contributed by atoms with Gasteiger partial charge in [0.05, 0.1) is 24.0 Å². The Morgan fingerprint density at radius 1 is 1.17 bits per heavy atom. The number of carbonyl (C=O) groups excluding carboxylic acids is 1. The van der Waals surface area contributed by atoms with E-state index in [1.807, 2.05) is 4.90 Å². The Kier molecular flexibility index (Phi) is 3.97. The summed E-state index contributed by atoms with van der Waals surface area (Å²) in [5.41, 5.74) is 2.83. The van der Waals surface area contributed by atoms with Crippen LogP contribution in [0.15, 0.2) is 36.9 Å². The van der Waals surface area contributed by atoms with Crippen LogP contribution < -0.4 is 4.90 Å². The minimum absolute atomic E-state index is 0.0434. The summed E-state index contributed by atoms with van der Waals surface area (Å²) in [5, 5.41) is 14.5. The maximum absolute atomic E-state index is 14.5. The molecular formula is C19H17FN8O. The largest absolute Gasteiger partial charge is 0.345 e. The Morgan fingerprint density at radius 2 is 2.07 bits per heavy atom. The number of hydrogen-bond acceptors (Lipinski definition) is 6. The van der Waals surface area contributed by atoms with Gasteiger partial charge >= 0.3 is 0 Å². The summed E-state index contributed by atoms with van der Waals surface area (Å²) in [6.07, 6.45) is 4.66. The Hall–Kier alpha value is -3.82. The number of anilines is 1. The Labute approximate surface area is 164 Å². The van der Waals surface area contributed by atoms with E-state index in [1.165, 1.54) is 12.4 Å². The van der Waals surface area contributed by atoms with E-state index in [1.54, 1.807) is 36.5 Å². The number of H-pyrrole nitrogens is 2. The van der Waals surface area contributed by atoms with Crippen LogP contribution in [0.4, 0.5) is 10.2 Å². The maximum atomic E-state index is 14.5. The van der Waals surface area contributed by atoms with Crippen LogP contribution in [0.5, 0.6) is 0 Å². The van der Waals surface area contributed by atoms with Crippen LogP contribution in [-0.4, -0.2) is 67.9 Å². The van der Waals surface area contributed by atoms with Gasteiger partial charge in [0.15, 0.2) is 0 Å². The zero-order valence-corrected chi connectivity index (χ0v) is 15.6. The lowest BCUT2D eigenvalue weighted by Gasteiger charge is -2.32. The topological polar surface area (TPSA) is 107 Å². The highest BCUT2D eigenvalue weighted by atomic mass is 19.1. The van der Waals surface area contributed by atoms with Gasteiger partial charge in [-0.3, -0.25) is 15.0 Å². The predicted molar refractivity (Wildman–Crippen MR) is 105 cm³/mol. The van der Waals surface area contributed by atoms with Gasteiger partial charge in [0, 0.05) is 55.0 Å². The van der Waals surface area contributed by atoms with Crippen LogP contribution in [0.3, 0.4) is 0 Å². The van der Waals surface area contributed by atoms with E-state index in [-0.39, 0.29) is 18.3 Å². The summed E-state index contributed by atoms with van der Waals surface area (Å²) in [4.78, 5) is 24.3. The molecule has 0 radical (unpaired) electrons. The molecule has 4 aromatic rings. The van der Waals surface area contributed by atoms with Crippen molar-refractivity contribution in [3.05, 3.63) is 42.7 Å². The van der Waals surface area contributed by atoms with Crippen molar-refractivity contribution in [3.8, 4) is 22.5 Å². The number of hydrogen-bond donors (Lipinski definition) is 2. The summed E-state index contributed by atoms with van der Waals surface area (Å²) >= 11 is 0. The molecule has 3 aromatic heterocycles. The third-order valence-electron chi connectivity index (χ3n) is 5.14. The molecule has 1 aliphatic heterocycles. The first-order chi connectivity index (χ1) is 14.1. The zero-order valence-electron chi connectivity index (χ0n) is 15.6. The number of aromatic nitrogens is 6. The molecule has 5 rings (SSSR count). The van der Waals surface area contributed by atoms with Gasteiger partial charge in [0.25, 0.3) is 0 Å². The highest BCUT2D eigenvalue weighted by molar-refractivity contribution is 5.95. The first-order valence-corrected chi connectivity index (χ1v) is 9.08. The molecule has 1 fully saturated rings. The number of aromatic amines is 2. The molecule has 0 spiro atoms. The third kappa shape index (κ3) is 2.98. The SMILES string of the molecule is CN1CCN(c2cc(-c3n[nH]c4cc(F)c(-c5cn[nH]c5)cc34)ncn2)CC1=O. The average molecular weight is 392 g/mol. The number of likely N-dealkylation sites (N-methyl/N-ethyl adjacent to an activating group) is 1. The van der Waals surface area contributed by atoms with Crippen LogP contribution in [-0.2, 0) is 4.79 Å². The number of benzene rings is 1. The number of piperazine rings is 1. The van der Waals surface area contributed by atoms with E-state index in [9.17, 15) is 9.18 Å². The highest BCUT2D eigenvalue weighted by Crippen LogP contribution is 2.32. The highest BCUT2D eigenvalue weighted by Gasteiger charge is 2.23. The van der Waals surface area contributed by atoms with Crippen LogP contribution in [0.2, 0.25) is 0 Å². The predicted octanol–water partition coefficient (Wildman–Crippen LogP) is 1.83. The fourth-order valence-electron chi connectivity index (χ4n) is 3.46. The smallest absolute Gasteiger partial charge is 0.241 e. The first kappa shape index (κ1) is 17.3. The number of nitrogens with zero attached hydrogens (tertiary/aromatic N) is 6. The summed E-state index contributed by atoms with van der Waals surface area (Å²) in [5.74, 6) is 0.333. The van der Waals surface area contributed by atoms with E-state index >= 15 is 0 Å². The summed E-state index contributed by atoms with van der Waals surface area (Å²) in [6, 6.07) is 4.94. The fraction of sp³-hybridized carbons (Fsp3) is 0.211. The van der Waals surface area contributed by atoms with E-state index in [2.05, 4.69) is 30.4 Å². The number of fused-ring (bicyclic) bond motifs is 1. The lowest BCUT2D eigenvalue weighted by Crippen LogP contribution is -2.48. The van der Waals surface area contributed by atoms with Crippen molar-refractivity contribution < 1.29 is 9.18 Å². The van der Waals surface area contributed by atoms with Crippen molar-refractivity contribution in [2.45, 2.75) is 0 Å². The van der Waals surface area contributed by atoms with Crippen molar-refractivity contribution in [2.75, 3.05) is 31.6 Å². The third-order valence-corrected chi connectivity index (χ3v) is 5.14. The fourth-order valence-corrected chi connectivity index (χ4v) is 3.46. The molecule has 9 nitrogen and oxygen atoms in total. The minimum atomic E-state index is -0.367. The molecule has 146 valence electrons. The van der Waals surface area contributed by atoms with Crippen molar-refractivity contribution in [2.24, 2.45) is 0 Å². The van der Waals surface area contributed by atoms with Crippen LogP contribution in [0.1, 0.15) is 0 Å². The molecular weight excluding hydrogens is 375 g/mol. The molecule has 0 atom stereocenters. The lowest BCUT2D eigenvalue weighted by molar-refractivity contribution is -0.129. The van der Waals surface area contributed by atoms with Gasteiger partial charge in [-0.2, -0.15) is 10.2 Å². The van der Waals surface area contributed by atoms with E-state index in [4.69, 9.17) is 0 Å². The normalized spacial score (nSPS) is 14.8. The maximum Gasteiger partial charge on any atom is 0.241 e. The number of rotatable bonds is 3. The molecule has 0 bridgehead atoms. The molecule has 29 heavy (non-hydrogen) atoms. The Bertz CT molecular complexity index is 1200. The lowest BCUT2D eigenvalue weighted by atomic mass is 10.0. The molecule has 10 heteroatoms. The van der Waals surface area contributed by atoms with E-state index < -0.39 is 0 Å². The van der Waals surface area contributed by atoms with Gasteiger partial charge in [-0.1, -0.05) is 0 Å². The average Bonchev–Trinajstić information content (AvgIpc) is 3.39. The Balaban J connectivity index is 1.56. The number of carbonyl (C=O) groups is 1. The molecule has 0 saturated carbocycles. The molecule has 0 unspecified atom stereocenters. The number of amides is 1. The van der Waals surface area contributed by atoms with Crippen molar-refractivity contribution >= 4 is 22.6 Å². The standard InChI is InChI=1S/C19H17FN8O/c1-27-2-3-28(9-18(27)29)17-6-16(21-10-22-17)19-13-4-12(11-7-23-24-8-11)14(20)5-15(13)25-26-19/h4-8,10H,2-3,9H2,1H3,(H,23,24)(H,25,26). The molecule has 1 amide bonds. The number of halogens is 1.